The monoisotopic (exact) mass is 367 g/mol. The van der Waals surface area contributed by atoms with E-state index in [1.165, 1.54) is 4.90 Å². The predicted molar refractivity (Wildman–Crippen MR) is 98.3 cm³/mol. The average molecular weight is 367 g/mol. The molecule has 0 aliphatic rings. The molecular formula is C20H30FNO4. The topological polar surface area (TPSA) is 55.8 Å². The zero-order chi connectivity index (χ0) is 19.5. The van der Waals surface area contributed by atoms with E-state index < -0.39 is 18.7 Å². The molecule has 0 aliphatic carbocycles. The molecule has 0 aliphatic heterocycles. The van der Waals surface area contributed by atoms with Gasteiger partial charge in [-0.05, 0) is 25.3 Å². The van der Waals surface area contributed by atoms with Crippen LogP contribution in [0.4, 0.5) is 4.39 Å². The van der Waals surface area contributed by atoms with Crippen molar-refractivity contribution in [1.29, 1.82) is 0 Å². The van der Waals surface area contributed by atoms with Crippen molar-refractivity contribution in [2.24, 2.45) is 5.92 Å². The van der Waals surface area contributed by atoms with Crippen molar-refractivity contribution in [3.05, 3.63) is 35.9 Å². The van der Waals surface area contributed by atoms with Crippen LogP contribution in [0.15, 0.2) is 30.3 Å². The summed E-state index contributed by atoms with van der Waals surface area (Å²) in [6.07, 6.45) is 0.715. The van der Waals surface area contributed by atoms with Crippen LogP contribution in [0.3, 0.4) is 0 Å². The molecule has 0 fully saturated rings. The van der Waals surface area contributed by atoms with E-state index >= 15 is 0 Å². The first-order valence-corrected chi connectivity index (χ1v) is 9.07. The second kappa shape index (κ2) is 11.6. The number of esters is 1. The molecule has 1 rings (SSSR count). The number of hydrogen-bond acceptors (Lipinski definition) is 4. The van der Waals surface area contributed by atoms with Crippen LogP contribution < -0.4 is 0 Å². The third kappa shape index (κ3) is 6.75. The van der Waals surface area contributed by atoms with E-state index in [-0.39, 0.29) is 37.7 Å². The maximum atomic E-state index is 12.8. The Kier molecular flexibility index (Phi) is 9.88. The fourth-order valence-corrected chi connectivity index (χ4v) is 2.71. The van der Waals surface area contributed by atoms with Crippen LogP contribution >= 0.6 is 0 Å². The third-order valence-electron chi connectivity index (χ3n) is 4.24. The van der Waals surface area contributed by atoms with Crippen LogP contribution in [0, 0.1) is 5.92 Å². The highest BCUT2D eigenvalue weighted by Gasteiger charge is 2.36. The minimum atomic E-state index is -0.704. The summed E-state index contributed by atoms with van der Waals surface area (Å²) in [5.41, 5.74) is 0.887. The summed E-state index contributed by atoms with van der Waals surface area (Å²) < 4.78 is 22.7. The molecule has 146 valence electrons. The minimum Gasteiger partial charge on any atom is -0.459 e. The van der Waals surface area contributed by atoms with Gasteiger partial charge in [0.15, 0.2) is 0 Å². The summed E-state index contributed by atoms with van der Waals surface area (Å²) in [7, 11) is 0. The SMILES string of the molecule is CCC(C)C(C(=O)OCc1ccccc1)N(C(=O)COCCF)C(C)C. The number of alkyl halides is 1. The smallest absolute Gasteiger partial charge is 0.329 e. The van der Waals surface area contributed by atoms with Gasteiger partial charge in [0.2, 0.25) is 5.91 Å². The van der Waals surface area contributed by atoms with Gasteiger partial charge in [-0.2, -0.15) is 0 Å². The number of nitrogens with zero attached hydrogens (tertiary/aromatic N) is 1. The van der Waals surface area contributed by atoms with Gasteiger partial charge in [0.05, 0.1) is 6.61 Å². The highest BCUT2D eigenvalue weighted by Crippen LogP contribution is 2.20. The van der Waals surface area contributed by atoms with E-state index in [0.29, 0.717) is 6.42 Å². The highest BCUT2D eigenvalue weighted by atomic mass is 19.1. The number of amides is 1. The largest absolute Gasteiger partial charge is 0.459 e. The summed E-state index contributed by atoms with van der Waals surface area (Å²) >= 11 is 0. The van der Waals surface area contributed by atoms with E-state index in [1.54, 1.807) is 0 Å². The van der Waals surface area contributed by atoms with Gasteiger partial charge in [-0.1, -0.05) is 50.6 Å². The zero-order valence-electron chi connectivity index (χ0n) is 16.1. The van der Waals surface area contributed by atoms with Crippen LogP contribution in [0.2, 0.25) is 0 Å². The van der Waals surface area contributed by atoms with E-state index in [2.05, 4.69) is 0 Å². The molecule has 0 saturated heterocycles. The Morgan fingerprint density at radius 3 is 2.35 bits per heavy atom. The summed E-state index contributed by atoms with van der Waals surface area (Å²) in [6.45, 7) is 6.68. The Balaban J connectivity index is 2.89. The van der Waals surface area contributed by atoms with E-state index in [4.69, 9.17) is 9.47 Å². The average Bonchev–Trinajstić information content (AvgIpc) is 2.64. The lowest BCUT2D eigenvalue weighted by molar-refractivity contribution is -0.162. The quantitative estimate of drug-likeness (QED) is 0.444. The number of carbonyl (C=O) groups excluding carboxylic acids is 2. The highest BCUT2D eigenvalue weighted by molar-refractivity contribution is 5.85. The fourth-order valence-electron chi connectivity index (χ4n) is 2.71. The summed E-state index contributed by atoms with van der Waals surface area (Å²) in [6, 6.07) is 8.49. The van der Waals surface area contributed by atoms with Gasteiger partial charge in [0.25, 0.3) is 0 Å². The van der Waals surface area contributed by atoms with E-state index in [1.807, 2.05) is 58.0 Å². The van der Waals surface area contributed by atoms with Crippen molar-refractivity contribution in [1.82, 2.24) is 4.90 Å². The lowest BCUT2D eigenvalue weighted by Crippen LogP contribution is -2.53. The van der Waals surface area contributed by atoms with Crippen molar-refractivity contribution in [2.75, 3.05) is 19.9 Å². The number of benzene rings is 1. The molecular weight excluding hydrogens is 337 g/mol. The number of carbonyl (C=O) groups is 2. The van der Waals surface area contributed by atoms with Gasteiger partial charge < -0.3 is 14.4 Å². The van der Waals surface area contributed by atoms with Crippen LogP contribution in [-0.4, -0.2) is 48.7 Å². The molecule has 0 saturated carbocycles. The maximum Gasteiger partial charge on any atom is 0.329 e. The first-order chi connectivity index (χ1) is 12.4. The van der Waals surface area contributed by atoms with Gasteiger partial charge in [-0.15, -0.1) is 0 Å². The van der Waals surface area contributed by atoms with Crippen molar-refractivity contribution in [3.8, 4) is 0 Å². The molecule has 0 radical (unpaired) electrons. The molecule has 2 atom stereocenters. The third-order valence-corrected chi connectivity index (χ3v) is 4.24. The van der Waals surface area contributed by atoms with Gasteiger partial charge >= 0.3 is 5.97 Å². The normalized spacial score (nSPS) is 13.3. The molecule has 5 nitrogen and oxygen atoms in total. The van der Waals surface area contributed by atoms with Crippen LogP contribution in [0.25, 0.3) is 0 Å². The molecule has 6 heteroatoms. The zero-order valence-corrected chi connectivity index (χ0v) is 16.1. The van der Waals surface area contributed by atoms with Crippen LogP contribution in [0.1, 0.15) is 39.7 Å². The van der Waals surface area contributed by atoms with E-state index in [9.17, 15) is 14.0 Å². The molecule has 1 aromatic rings. The second-order valence-corrected chi connectivity index (χ2v) is 6.56. The molecule has 1 amide bonds. The summed E-state index contributed by atoms with van der Waals surface area (Å²) in [4.78, 5) is 26.9. The molecule has 1 aromatic carbocycles. The van der Waals surface area contributed by atoms with Gasteiger partial charge in [0.1, 0.15) is 25.9 Å². The number of halogens is 1. The number of hydrogen-bond donors (Lipinski definition) is 0. The first kappa shape index (κ1) is 22.1. The van der Waals surface area contributed by atoms with Crippen molar-refractivity contribution in [3.63, 3.8) is 0 Å². The standard InChI is InChI=1S/C20H30FNO4/c1-5-16(4)19(20(24)26-13-17-9-7-6-8-10-17)22(15(2)3)18(23)14-25-12-11-21/h6-10,15-16,19H,5,11-14H2,1-4H3. The molecule has 0 heterocycles. The summed E-state index contributed by atoms with van der Waals surface area (Å²) in [5.74, 6) is -0.850. The molecule has 26 heavy (non-hydrogen) atoms. The Bertz CT molecular complexity index is 550. The first-order valence-electron chi connectivity index (χ1n) is 9.07. The van der Waals surface area contributed by atoms with E-state index in [0.717, 1.165) is 5.56 Å². The maximum absolute atomic E-state index is 12.8. The molecule has 0 N–H and O–H groups in total. The molecule has 2 unspecified atom stereocenters. The van der Waals surface area contributed by atoms with Gasteiger partial charge in [-0.25, -0.2) is 9.18 Å². The van der Waals surface area contributed by atoms with Crippen LogP contribution in [-0.2, 0) is 25.7 Å². The lowest BCUT2D eigenvalue weighted by atomic mass is 9.96. The van der Waals surface area contributed by atoms with Crippen LogP contribution in [0.5, 0.6) is 0 Å². The summed E-state index contributed by atoms with van der Waals surface area (Å²) in [5, 5.41) is 0. The number of rotatable bonds is 11. The molecule has 0 bridgehead atoms. The Labute approximate surface area is 155 Å². The second-order valence-electron chi connectivity index (χ2n) is 6.56. The molecule has 0 spiro atoms. The van der Waals surface area contributed by atoms with Gasteiger partial charge in [0, 0.05) is 6.04 Å². The minimum absolute atomic E-state index is 0.0780. The molecule has 0 aromatic heterocycles. The Morgan fingerprint density at radius 2 is 1.81 bits per heavy atom. The Morgan fingerprint density at radius 1 is 1.15 bits per heavy atom. The predicted octanol–water partition coefficient (Wildman–Crippen LogP) is 3.37. The van der Waals surface area contributed by atoms with Crippen molar-refractivity contribution in [2.45, 2.75) is 52.8 Å². The van der Waals surface area contributed by atoms with Crippen molar-refractivity contribution >= 4 is 11.9 Å². The van der Waals surface area contributed by atoms with Gasteiger partial charge in [-0.3, -0.25) is 4.79 Å². The number of ether oxygens (including phenoxy) is 2. The van der Waals surface area contributed by atoms with Crippen molar-refractivity contribution < 1.29 is 23.5 Å². The lowest BCUT2D eigenvalue weighted by Gasteiger charge is -2.36. The fraction of sp³-hybridized carbons (Fsp3) is 0.600. The Hall–Kier alpha value is -1.95.